The molecule has 86 valence electrons. The molecule has 1 aliphatic rings. The van der Waals surface area contributed by atoms with E-state index in [9.17, 15) is 0 Å². The Kier molecular flexibility index (Phi) is 2.44. The zero-order chi connectivity index (χ0) is 11.7. The summed E-state index contributed by atoms with van der Waals surface area (Å²) in [6.07, 6.45) is 0. The predicted octanol–water partition coefficient (Wildman–Crippen LogP) is 2.86. The lowest BCUT2D eigenvalue weighted by Gasteiger charge is -2.18. The number of nitrogens with one attached hydrogen (secondary N) is 1. The van der Waals surface area contributed by atoms with Gasteiger partial charge in [0.2, 0.25) is 5.88 Å². The first-order valence-corrected chi connectivity index (χ1v) is 5.78. The van der Waals surface area contributed by atoms with Crippen molar-refractivity contribution < 1.29 is 4.74 Å². The number of benzene rings is 1. The third-order valence-corrected chi connectivity index (χ3v) is 2.86. The number of rotatable bonds is 1. The highest BCUT2D eigenvalue weighted by molar-refractivity contribution is 5.65. The van der Waals surface area contributed by atoms with Crippen molar-refractivity contribution in [3.63, 3.8) is 0 Å². The Hall–Kier alpha value is -2.03. The average molecular weight is 226 g/mol. The van der Waals surface area contributed by atoms with Crippen LogP contribution in [0.5, 0.6) is 5.88 Å². The van der Waals surface area contributed by atoms with E-state index < -0.39 is 0 Å². The lowest BCUT2D eigenvalue weighted by Crippen LogP contribution is -2.18. The fourth-order valence-electron chi connectivity index (χ4n) is 1.90. The van der Waals surface area contributed by atoms with Gasteiger partial charge in [-0.15, -0.1) is 0 Å². The maximum atomic E-state index is 5.54. The van der Waals surface area contributed by atoms with Crippen LogP contribution in [0.2, 0.25) is 0 Å². The van der Waals surface area contributed by atoms with Gasteiger partial charge in [0.15, 0.2) is 0 Å². The second-order valence-corrected chi connectivity index (χ2v) is 4.19. The molecule has 0 unspecified atom stereocenters. The minimum absolute atomic E-state index is 0.678. The molecule has 1 aliphatic heterocycles. The molecule has 2 heterocycles. The van der Waals surface area contributed by atoms with Gasteiger partial charge in [-0.1, -0.05) is 29.8 Å². The standard InChI is InChI=1S/C14H14N2O/c1-10-2-4-11(5-3-10)12-6-7-13-14(16-12)17-9-8-15-13/h2-7,15H,8-9H2,1H3. The molecule has 0 aliphatic carbocycles. The molecule has 17 heavy (non-hydrogen) atoms. The zero-order valence-corrected chi connectivity index (χ0v) is 9.73. The molecule has 1 N–H and O–H groups in total. The van der Waals surface area contributed by atoms with E-state index in [1.165, 1.54) is 5.56 Å². The monoisotopic (exact) mass is 226 g/mol. The smallest absolute Gasteiger partial charge is 0.238 e. The third-order valence-electron chi connectivity index (χ3n) is 2.86. The second kappa shape index (κ2) is 4.09. The first-order valence-electron chi connectivity index (χ1n) is 5.78. The topological polar surface area (TPSA) is 34.1 Å². The summed E-state index contributed by atoms with van der Waals surface area (Å²) in [5.74, 6) is 0.703. The van der Waals surface area contributed by atoms with Crippen LogP contribution in [0.25, 0.3) is 11.3 Å². The highest BCUT2D eigenvalue weighted by Crippen LogP contribution is 2.28. The van der Waals surface area contributed by atoms with Crippen molar-refractivity contribution in [3.05, 3.63) is 42.0 Å². The number of hydrogen-bond donors (Lipinski definition) is 1. The minimum Gasteiger partial charge on any atom is -0.474 e. The van der Waals surface area contributed by atoms with Crippen LogP contribution >= 0.6 is 0 Å². The molecular formula is C14H14N2O. The van der Waals surface area contributed by atoms with E-state index in [1.54, 1.807) is 0 Å². The van der Waals surface area contributed by atoms with Crippen molar-refractivity contribution in [3.8, 4) is 17.1 Å². The van der Waals surface area contributed by atoms with Gasteiger partial charge in [-0.25, -0.2) is 4.98 Å². The van der Waals surface area contributed by atoms with Gasteiger partial charge in [0, 0.05) is 12.1 Å². The number of ether oxygens (including phenoxy) is 1. The molecule has 1 aromatic heterocycles. The van der Waals surface area contributed by atoms with E-state index in [2.05, 4.69) is 41.5 Å². The van der Waals surface area contributed by atoms with Gasteiger partial charge in [0.1, 0.15) is 6.61 Å². The molecule has 0 spiro atoms. The predicted molar refractivity (Wildman–Crippen MR) is 68.4 cm³/mol. The summed E-state index contributed by atoms with van der Waals surface area (Å²) in [5.41, 5.74) is 4.30. The summed E-state index contributed by atoms with van der Waals surface area (Å²) in [5, 5.41) is 3.26. The van der Waals surface area contributed by atoms with Gasteiger partial charge in [0.05, 0.1) is 11.4 Å². The molecular weight excluding hydrogens is 212 g/mol. The maximum absolute atomic E-state index is 5.54. The van der Waals surface area contributed by atoms with Crippen LogP contribution in [0.3, 0.4) is 0 Å². The number of hydrogen-bond acceptors (Lipinski definition) is 3. The molecule has 3 nitrogen and oxygen atoms in total. The van der Waals surface area contributed by atoms with Gasteiger partial charge in [-0.05, 0) is 19.1 Å². The van der Waals surface area contributed by atoms with Crippen molar-refractivity contribution in [2.45, 2.75) is 6.92 Å². The third kappa shape index (κ3) is 1.96. The van der Waals surface area contributed by atoms with Crippen LogP contribution in [0.1, 0.15) is 5.56 Å². The lowest BCUT2D eigenvalue weighted by atomic mass is 10.1. The largest absolute Gasteiger partial charge is 0.474 e. The SMILES string of the molecule is Cc1ccc(-c2ccc3c(n2)OCCN3)cc1. The van der Waals surface area contributed by atoms with E-state index >= 15 is 0 Å². The number of anilines is 1. The van der Waals surface area contributed by atoms with Crippen LogP contribution in [0.4, 0.5) is 5.69 Å². The van der Waals surface area contributed by atoms with Crippen LogP contribution < -0.4 is 10.1 Å². The second-order valence-electron chi connectivity index (χ2n) is 4.19. The van der Waals surface area contributed by atoms with E-state index in [1.807, 2.05) is 12.1 Å². The summed E-state index contributed by atoms with van der Waals surface area (Å²) in [7, 11) is 0. The Morgan fingerprint density at radius 1 is 1.12 bits per heavy atom. The molecule has 2 aromatic rings. The quantitative estimate of drug-likeness (QED) is 0.811. The Bertz CT molecular complexity index is 534. The molecule has 0 saturated heterocycles. The molecule has 0 atom stereocenters. The maximum Gasteiger partial charge on any atom is 0.238 e. The Balaban J connectivity index is 2.01. The number of nitrogens with zero attached hydrogens (tertiary/aromatic N) is 1. The molecule has 0 amide bonds. The number of aryl methyl sites for hydroxylation is 1. The molecule has 0 radical (unpaired) electrons. The van der Waals surface area contributed by atoms with Crippen LogP contribution in [0.15, 0.2) is 36.4 Å². The molecule has 1 aromatic carbocycles. The van der Waals surface area contributed by atoms with E-state index in [0.717, 1.165) is 23.5 Å². The summed E-state index contributed by atoms with van der Waals surface area (Å²) in [6.45, 7) is 3.60. The molecule has 0 fully saturated rings. The van der Waals surface area contributed by atoms with Crippen LogP contribution in [-0.4, -0.2) is 18.1 Å². The van der Waals surface area contributed by atoms with Crippen molar-refractivity contribution in [2.24, 2.45) is 0 Å². The first-order chi connectivity index (χ1) is 8.33. The summed E-state index contributed by atoms with van der Waals surface area (Å²) in [6, 6.07) is 12.4. The Morgan fingerprint density at radius 3 is 2.76 bits per heavy atom. The van der Waals surface area contributed by atoms with E-state index in [4.69, 9.17) is 4.74 Å². The summed E-state index contributed by atoms with van der Waals surface area (Å²) in [4.78, 5) is 4.53. The zero-order valence-electron chi connectivity index (χ0n) is 9.73. The number of fused-ring (bicyclic) bond motifs is 1. The van der Waals surface area contributed by atoms with Crippen molar-refractivity contribution in [1.29, 1.82) is 0 Å². The van der Waals surface area contributed by atoms with Crippen molar-refractivity contribution >= 4 is 5.69 Å². The van der Waals surface area contributed by atoms with Crippen LogP contribution in [-0.2, 0) is 0 Å². The number of pyridine rings is 1. The fourth-order valence-corrected chi connectivity index (χ4v) is 1.90. The van der Waals surface area contributed by atoms with Gasteiger partial charge in [0.25, 0.3) is 0 Å². The van der Waals surface area contributed by atoms with Gasteiger partial charge in [-0.2, -0.15) is 0 Å². The molecule has 3 rings (SSSR count). The minimum atomic E-state index is 0.678. The van der Waals surface area contributed by atoms with Gasteiger partial charge in [-0.3, -0.25) is 0 Å². The van der Waals surface area contributed by atoms with E-state index in [-0.39, 0.29) is 0 Å². The average Bonchev–Trinajstić information content (AvgIpc) is 2.39. The lowest BCUT2D eigenvalue weighted by molar-refractivity contribution is 0.311. The highest BCUT2D eigenvalue weighted by atomic mass is 16.5. The Labute approximate surface area is 100 Å². The van der Waals surface area contributed by atoms with E-state index in [0.29, 0.717) is 12.5 Å². The molecule has 0 bridgehead atoms. The Morgan fingerprint density at radius 2 is 1.94 bits per heavy atom. The fraction of sp³-hybridized carbons (Fsp3) is 0.214. The van der Waals surface area contributed by atoms with Gasteiger partial charge < -0.3 is 10.1 Å². The molecule has 0 saturated carbocycles. The van der Waals surface area contributed by atoms with Gasteiger partial charge >= 0.3 is 0 Å². The summed E-state index contributed by atoms with van der Waals surface area (Å²) >= 11 is 0. The number of aromatic nitrogens is 1. The normalized spacial score (nSPS) is 13.5. The first kappa shape index (κ1) is 10.1. The van der Waals surface area contributed by atoms with Crippen LogP contribution in [0, 0.1) is 6.92 Å². The van der Waals surface area contributed by atoms with Crippen molar-refractivity contribution in [2.75, 3.05) is 18.5 Å². The molecule has 3 heteroatoms. The highest BCUT2D eigenvalue weighted by Gasteiger charge is 2.11. The van der Waals surface area contributed by atoms with Crippen molar-refractivity contribution in [1.82, 2.24) is 4.98 Å². The summed E-state index contributed by atoms with van der Waals surface area (Å²) < 4.78 is 5.54.